The minimum absolute atomic E-state index is 0.0745. The largest absolute Gasteiger partial charge is 0.480 e. The van der Waals surface area contributed by atoms with E-state index in [4.69, 9.17) is 43.4 Å². The molecule has 2 aromatic carbocycles. The van der Waals surface area contributed by atoms with Crippen LogP contribution in [0.3, 0.4) is 0 Å². The summed E-state index contributed by atoms with van der Waals surface area (Å²) in [5, 5.41) is 3.90. The summed E-state index contributed by atoms with van der Waals surface area (Å²) in [6.07, 6.45) is 7.18. The molecule has 3 heterocycles. The smallest absolute Gasteiger partial charge is 0.237 e. The third kappa shape index (κ3) is 7.55. The number of aryl methyl sites for hydroxylation is 1. The third-order valence-corrected chi connectivity index (χ3v) is 8.56. The van der Waals surface area contributed by atoms with Gasteiger partial charge >= 0.3 is 0 Å². The lowest BCUT2D eigenvalue weighted by atomic mass is 9.98. The van der Waals surface area contributed by atoms with E-state index < -0.39 is 5.91 Å². The van der Waals surface area contributed by atoms with Gasteiger partial charge in [0.1, 0.15) is 11.4 Å². The molecular weight excluding hydrogens is 629 g/mol. The molecule has 11 nitrogen and oxygen atoms in total. The Morgan fingerprint density at radius 2 is 1.48 bits per heavy atom. The van der Waals surface area contributed by atoms with Crippen LogP contribution >= 0.6 is 23.2 Å². The molecule has 0 spiro atoms. The number of nitrogens with zero attached hydrogens (tertiary/aromatic N) is 5. The van der Waals surface area contributed by atoms with Crippen LogP contribution in [-0.4, -0.2) is 70.5 Å². The van der Waals surface area contributed by atoms with E-state index in [1.807, 2.05) is 36.4 Å². The van der Waals surface area contributed by atoms with Crippen molar-refractivity contribution < 1.29 is 19.1 Å². The van der Waals surface area contributed by atoms with E-state index >= 15 is 0 Å². The minimum Gasteiger partial charge on any atom is -0.480 e. The predicted molar refractivity (Wildman–Crippen MR) is 177 cm³/mol. The molecular formula is C33H35Cl2N7O4. The van der Waals surface area contributed by atoms with Gasteiger partial charge in [-0.2, -0.15) is 0 Å². The maximum Gasteiger partial charge on any atom is 0.237 e. The highest BCUT2D eigenvalue weighted by molar-refractivity contribution is 6.39. The zero-order valence-electron chi connectivity index (χ0n) is 25.8. The summed E-state index contributed by atoms with van der Waals surface area (Å²) in [6, 6.07) is 11.5. The Labute approximate surface area is 277 Å². The summed E-state index contributed by atoms with van der Waals surface area (Å²) in [7, 11) is 4.84. The number of rotatable bonds is 13. The number of methoxy groups -OCH3 is 2. The van der Waals surface area contributed by atoms with E-state index in [1.54, 1.807) is 31.5 Å². The van der Waals surface area contributed by atoms with E-state index in [0.717, 1.165) is 25.0 Å². The van der Waals surface area contributed by atoms with E-state index in [-0.39, 0.29) is 18.5 Å². The van der Waals surface area contributed by atoms with Crippen molar-refractivity contribution in [1.82, 2.24) is 30.2 Å². The van der Waals surface area contributed by atoms with Crippen LogP contribution in [0, 0.1) is 0 Å². The first-order valence-electron chi connectivity index (χ1n) is 14.8. The lowest BCUT2D eigenvalue weighted by Gasteiger charge is -2.17. The summed E-state index contributed by atoms with van der Waals surface area (Å²) in [5.41, 5.74) is 10.4. The fourth-order valence-corrected chi connectivity index (χ4v) is 6.17. The first-order valence-corrected chi connectivity index (χ1v) is 15.6. The minimum atomic E-state index is -0.441. The van der Waals surface area contributed by atoms with Crippen molar-refractivity contribution in [2.45, 2.75) is 44.7 Å². The van der Waals surface area contributed by atoms with E-state index in [1.165, 1.54) is 7.11 Å². The average Bonchev–Trinajstić information content (AvgIpc) is 3.46. The van der Waals surface area contributed by atoms with Gasteiger partial charge in [-0.1, -0.05) is 59.6 Å². The number of halogens is 2. The normalized spacial score (nSPS) is 14.4. The molecule has 2 amide bonds. The Morgan fingerprint density at radius 3 is 2.00 bits per heavy atom. The second-order valence-corrected chi connectivity index (χ2v) is 11.8. The number of hydrogen-bond acceptors (Lipinski definition) is 9. The molecule has 1 saturated heterocycles. The Bertz CT molecular complexity index is 1750. The highest BCUT2D eigenvalue weighted by Crippen LogP contribution is 2.42. The summed E-state index contributed by atoms with van der Waals surface area (Å²) >= 11 is 14.0. The van der Waals surface area contributed by atoms with Gasteiger partial charge in [0.2, 0.25) is 23.6 Å². The maximum absolute atomic E-state index is 11.5. The number of benzene rings is 2. The summed E-state index contributed by atoms with van der Waals surface area (Å²) in [6.45, 7) is 0.398. The van der Waals surface area contributed by atoms with Gasteiger partial charge < -0.3 is 20.5 Å². The van der Waals surface area contributed by atoms with Crippen molar-refractivity contribution in [1.29, 1.82) is 0 Å². The molecule has 0 unspecified atom stereocenters. The van der Waals surface area contributed by atoms with Crippen molar-refractivity contribution in [2.75, 3.05) is 27.8 Å². The van der Waals surface area contributed by atoms with Crippen LogP contribution in [0.5, 0.6) is 11.8 Å². The van der Waals surface area contributed by atoms with Gasteiger partial charge in [0, 0.05) is 41.3 Å². The molecule has 0 bridgehead atoms. The number of ether oxygens (including phenoxy) is 2. The maximum atomic E-state index is 11.5. The lowest BCUT2D eigenvalue weighted by Crippen LogP contribution is -2.30. The van der Waals surface area contributed by atoms with Crippen LogP contribution in [-0.2, 0) is 22.6 Å². The van der Waals surface area contributed by atoms with Gasteiger partial charge in [-0.25, -0.2) is 9.97 Å². The quantitative estimate of drug-likeness (QED) is 0.199. The number of carbonyl (C=O) groups excluding carboxylic acids is 2. The molecule has 13 heteroatoms. The molecule has 0 aliphatic carbocycles. The number of nitrogens with two attached hydrogens (primary N) is 1. The second-order valence-electron chi connectivity index (χ2n) is 11.1. The van der Waals surface area contributed by atoms with Crippen molar-refractivity contribution in [3.05, 3.63) is 70.2 Å². The Balaban J connectivity index is 1.40. The summed E-state index contributed by atoms with van der Waals surface area (Å²) < 4.78 is 11.1. The zero-order chi connectivity index (χ0) is 32.8. The molecule has 2 aromatic heterocycles. The number of aromatic nitrogens is 4. The molecule has 1 atom stereocenters. The van der Waals surface area contributed by atoms with Crippen LogP contribution in [0.15, 0.2) is 48.8 Å². The van der Waals surface area contributed by atoms with Crippen LogP contribution in [0.2, 0.25) is 10.0 Å². The monoisotopic (exact) mass is 663 g/mol. The highest BCUT2D eigenvalue weighted by Gasteiger charge is 2.22. The SMILES string of the molecule is COc1nc(-c2cccc(-c3cccc(-c4cnc(CN(C)CC(N)=O)c(OC)n4)c3Cl)c2Cl)cnc1CCC[C@@H]1CCC(=O)N1. The van der Waals surface area contributed by atoms with Crippen LogP contribution in [0.4, 0.5) is 0 Å². The van der Waals surface area contributed by atoms with Crippen molar-refractivity contribution in [3.8, 4) is 45.4 Å². The zero-order valence-corrected chi connectivity index (χ0v) is 27.4. The fourth-order valence-electron chi connectivity index (χ4n) is 5.52. The average molecular weight is 665 g/mol. The van der Waals surface area contributed by atoms with Gasteiger partial charge in [-0.15, -0.1) is 0 Å². The molecule has 4 aromatic rings. The van der Waals surface area contributed by atoms with Crippen molar-refractivity contribution in [3.63, 3.8) is 0 Å². The van der Waals surface area contributed by atoms with Crippen LogP contribution < -0.4 is 20.5 Å². The Hall–Kier alpha value is -4.32. The number of primary amides is 1. The first kappa shape index (κ1) is 33.1. The molecule has 0 radical (unpaired) electrons. The highest BCUT2D eigenvalue weighted by atomic mass is 35.5. The van der Waals surface area contributed by atoms with Gasteiger partial charge in [-0.3, -0.25) is 24.5 Å². The van der Waals surface area contributed by atoms with Gasteiger partial charge in [0.05, 0.1) is 54.6 Å². The molecule has 0 saturated carbocycles. The van der Waals surface area contributed by atoms with Gasteiger partial charge in [0.25, 0.3) is 0 Å². The molecule has 5 rings (SSSR count). The van der Waals surface area contributed by atoms with E-state index in [9.17, 15) is 9.59 Å². The molecule has 3 N–H and O–H groups in total. The number of hydrogen-bond donors (Lipinski definition) is 2. The van der Waals surface area contributed by atoms with Crippen LogP contribution in [0.1, 0.15) is 37.1 Å². The Morgan fingerprint density at radius 1 is 0.935 bits per heavy atom. The summed E-state index contributed by atoms with van der Waals surface area (Å²) in [4.78, 5) is 43.1. The topological polar surface area (TPSA) is 145 Å². The van der Waals surface area contributed by atoms with Crippen molar-refractivity contribution in [2.24, 2.45) is 5.73 Å². The summed E-state index contributed by atoms with van der Waals surface area (Å²) in [5.74, 6) is 0.427. The van der Waals surface area contributed by atoms with Gasteiger partial charge in [-0.05, 0) is 32.7 Å². The van der Waals surface area contributed by atoms with E-state index in [2.05, 4.69) is 20.3 Å². The fraction of sp³-hybridized carbons (Fsp3) is 0.333. The number of likely N-dealkylation sites (N-methyl/N-ethyl adjacent to an activating group) is 1. The number of amides is 2. The third-order valence-electron chi connectivity index (χ3n) is 7.75. The second kappa shape index (κ2) is 14.8. The van der Waals surface area contributed by atoms with Gasteiger partial charge in [0.15, 0.2) is 0 Å². The first-order chi connectivity index (χ1) is 22.2. The molecule has 1 aliphatic rings. The molecule has 1 aliphatic heterocycles. The molecule has 46 heavy (non-hydrogen) atoms. The number of nitrogens with one attached hydrogen (secondary N) is 1. The molecule has 240 valence electrons. The van der Waals surface area contributed by atoms with Crippen LogP contribution in [0.25, 0.3) is 33.6 Å². The standard InChI is InChI=1S/C33H35Cl2N7O4/c1-42(18-28(36)43)17-27-33(46-3)41-26(16-38-27)23-11-6-9-21(31(23)35)20-8-5-10-22(30(20)34)25-15-37-24(32(40-25)45-2)12-4-7-19-13-14-29(44)39-19/h5-6,8-11,15-16,19H,4,7,12-14,17-18H2,1-3H3,(H2,36,43)(H,39,44)/t19-/m1/s1. The molecule has 1 fully saturated rings. The van der Waals surface area contributed by atoms with Crippen molar-refractivity contribution >= 4 is 35.0 Å². The number of carbonyl (C=O) groups is 2. The lowest BCUT2D eigenvalue weighted by molar-refractivity contribution is -0.120. The van der Waals surface area contributed by atoms with E-state index in [0.29, 0.717) is 80.5 Å². The predicted octanol–water partition coefficient (Wildman–Crippen LogP) is 5.11. The Kier molecular flexibility index (Phi) is 10.7.